The number of alkyl halides is 2. The number of ether oxygens (including phenoxy) is 1. The summed E-state index contributed by atoms with van der Waals surface area (Å²) in [6.45, 7) is -0.901. The van der Waals surface area contributed by atoms with Crippen molar-refractivity contribution < 1.29 is 13.5 Å². The van der Waals surface area contributed by atoms with Crippen molar-refractivity contribution in [3.63, 3.8) is 0 Å². The third-order valence-electron chi connectivity index (χ3n) is 4.21. The van der Waals surface area contributed by atoms with Crippen molar-refractivity contribution in [2.45, 2.75) is 26.4 Å². The Morgan fingerprint density at radius 1 is 1.33 bits per heavy atom. The van der Waals surface area contributed by atoms with Crippen molar-refractivity contribution in [3.05, 3.63) is 46.9 Å². The molecule has 1 N–H and O–H groups in total. The van der Waals surface area contributed by atoms with Crippen LogP contribution in [-0.2, 0) is 11.8 Å². The first-order valence-electron chi connectivity index (χ1n) is 8.38. The monoisotopic (exact) mass is 389 g/mol. The molecule has 0 aromatic carbocycles. The number of anilines is 2. The van der Waals surface area contributed by atoms with E-state index in [0.29, 0.717) is 12.4 Å². The zero-order chi connectivity index (χ0) is 19.0. The molecular weight excluding hydrogens is 372 g/mol. The van der Waals surface area contributed by atoms with Crippen LogP contribution in [-0.4, -0.2) is 26.4 Å². The van der Waals surface area contributed by atoms with Crippen molar-refractivity contribution in [2.24, 2.45) is 7.05 Å². The average molecular weight is 389 g/mol. The van der Waals surface area contributed by atoms with Gasteiger partial charge < -0.3 is 10.1 Å². The van der Waals surface area contributed by atoms with Crippen molar-refractivity contribution in [2.75, 3.05) is 5.32 Å². The quantitative estimate of drug-likeness (QED) is 0.680. The molecule has 0 radical (unpaired) electrons. The van der Waals surface area contributed by atoms with Gasteiger partial charge in [0.25, 0.3) is 0 Å². The number of hydrogen-bond acceptors (Lipinski definition) is 6. The third-order valence-corrected chi connectivity index (χ3v) is 5.24. The summed E-state index contributed by atoms with van der Waals surface area (Å²) in [6, 6.07) is 0. The van der Waals surface area contributed by atoms with Gasteiger partial charge in [-0.25, -0.2) is 9.97 Å². The molecule has 0 amide bonds. The van der Waals surface area contributed by atoms with Gasteiger partial charge in [-0.1, -0.05) is 6.08 Å². The van der Waals surface area contributed by atoms with Crippen molar-refractivity contribution in [1.82, 2.24) is 19.7 Å². The first kappa shape index (κ1) is 17.6. The highest BCUT2D eigenvalue weighted by atomic mass is 32.1. The predicted octanol–water partition coefficient (Wildman–Crippen LogP) is 4.78. The third kappa shape index (κ3) is 3.55. The molecule has 140 valence electrons. The molecule has 0 atom stereocenters. The first-order chi connectivity index (χ1) is 13.0. The van der Waals surface area contributed by atoms with Gasteiger partial charge in [0.05, 0.1) is 28.3 Å². The van der Waals surface area contributed by atoms with E-state index >= 15 is 0 Å². The Morgan fingerprint density at radius 2 is 2.19 bits per heavy atom. The average Bonchev–Trinajstić information content (AvgIpc) is 3.17. The number of fused-ring (bicyclic) bond motifs is 1. The van der Waals surface area contributed by atoms with Crippen LogP contribution in [0.25, 0.3) is 15.8 Å². The van der Waals surface area contributed by atoms with Gasteiger partial charge in [-0.3, -0.25) is 4.68 Å². The Morgan fingerprint density at radius 3 is 2.93 bits per heavy atom. The summed E-state index contributed by atoms with van der Waals surface area (Å²) in [4.78, 5) is 9.99. The van der Waals surface area contributed by atoms with Crippen LogP contribution in [0.3, 0.4) is 0 Å². The van der Waals surface area contributed by atoms with Gasteiger partial charge in [-0.2, -0.15) is 13.9 Å². The van der Waals surface area contributed by atoms with Crippen LogP contribution >= 0.6 is 11.3 Å². The predicted molar refractivity (Wildman–Crippen MR) is 101 cm³/mol. The summed E-state index contributed by atoms with van der Waals surface area (Å²) in [6.07, 6.45) is 10.1. The largest absolute Gasteiger partial charge is 0.435 e. The highest BCUT2D eigenvalue weighted by molar-refractivity contribution is 7.19. The van der Waals surface area contributed by atoms with Gasteiger partial charge in [-0.05, 0) is 25.8 Å². The minimum Gasteiger partial charge on any atom is -0.435 e. The van der Waals surface area contributed by atoms with Crippen molar-refractivity contribution >= 4 is 38.8 Å². The Balaban J connectivity index is 1.80. The normalized spacial score (nSPS) is 14.4. The van der Waals surface area contributed by atoms with E-state index in [9.17, 15) is 8.78 Å². The number of thiophene rings is 1. The molecule has 3 heterocycles. The van der Waals surface area contributed by atoms with Crippen LogP contribution in [0.1, 0.15) is 23.3 Å². The fourth-order valence-corrected chi connectivity index (χ4v) is 4.14. The molecule has 0 saturated heterocycles. The van der Waals surface area contributed by atoms with Gasteiger partial charge in [-0.15, -0.1) is 11.3 Å². The highest BCUT2D eigenvalue weighted by Crippen LogP contribution is 2.40. The molecule has 27 heavy (non-hydrogen) atoms. The maximum Gasteiger partial charge on any atom is 0.387 e. The van der Waals surface area contributed by atoms with Crippen LogP contribution in [0, 0.1) is 6.92 Å². The summed E-state index contributed by atoms with van der Waals surface area (Å²) < 4.78 is 33.0. The van der Waals surface area contributed by atoms with Crippen LogP contribution in [0.2, 0.25) is 0 Å². The van der Waals surface area contributed by atoms with Gasteiger partial charge in [0, 0.05) is 29.3 Å². The fourth-order valence-electron chi connectivity index (χ4n) is 3.13. The van der Waals surface area contributed by atoms with Gasteiger partial charge in [0.1, 0.15) is 5.76 Å². The molecule has 9 heteroatoms. The number of aromatic nitrogens is 4. The topological polar surface area (TPSA) is 64.9 Å². The lowest BCUT2D eigenvalue weighted by Gasteiger charge is -2.17. The molecule has 0 unspecified atom stereocenters. The van der Waals surface area contributed by atoms with Crippen molar-refractivity contribution in [1.29, 1.82) is 0 Å². The number of halogens is 2. The molecule has 6 nitrogen and oxygen atoms in total. The fraction of sp³-hybridized carbons (Fsp3) is 0.278. The molecule has 3 aromatic heterocycles. The Kier molecular flexibility index (Phi) is 4.61. The SMILES string of the molecule is Cc1sc2cnc(Nc3cnn(C)c3)nc2c1C1=C(OC(F)F)C=CCC1. The smallest absolute Gasteiger partial charge is 0.387 e. The Bertz CT molecular complexity index is 1050. The second kappa shape index (κ2) is 7.07. The first-order valence-corrected chi connectivity index (χ1v) is 9.19. The van der Waals surface area contributed by atoms with Crippen LogP contribution in [0.4, 0.5) is 20.4 Å². The second-order valence-corrected chi connectivity index (χ2v) is 7.39. The molecule has 0 aliphatic heterocycles. The zero-order valence-electron chi connectivity index (χ0n) is 14.7. The molecule has 0 bridgehead atoms. The number of rotatable bonds is 5. The number of hydrogen-bond donors (Lipinski definition) is 1. The van der Waals surface area contributed by atoms with E-state index in [2.05, 4.69) is 20.4 Å². The lowest BCUT2D eigenvalue weighted by Crippen LogP contribution is -2.04. The molecule has 1 aliphatic rings. The number of nitrogens with one attached hydrogen (secondary N) is 1. The van der Waals surface area contributed by atoms with E-state index in [1.165, 1.54) is 0 Å². The Hall–Kier alpha value is -2.81. The molecule has 0 spiro atoms. The van der Waals surface area contributed by atoms with Gasteiger partial charge in [0.2, 0.25) is 5.95 Å². The lowest BCUT2D eigenvalue weighted by molar-refractivity contribution is -0.0917. The molecule has 1 aliphatic carbocycles. The number of allylic oxidation sites excluding steroid dienone is 3. The molecule has 3 aromatic rings. The standard InChI is InChI=1S/C18H17F2N5OS/c1-10-15(12-5-3-4-6-13(12)26-17(19)20)16-14(27-10)8-21-18(24-16)23-11-7-22-25(2)9-11/h4,6-9,17H,3,5H2,1-2H3,(H,21,23,24). The van der Waals surface area contributed by atoms with E-state index in [4.69, 9.17) is 4.74 Å². The van der Waals surface area contributed by atoms with E-state index in [1.807, 2.05) is 26.2 Å². The second-order valence-electron chi connectivity index (χ2n) is 6.13. The van der Waals surface area contributed by atoms with E-state index < -0.39 is 6.61 Å². The summed E-state index contributed by atoms with van der Waals surface area (Å²) in [5, 5.41) is 7.22. The lowest BCUT2D eigenvalue weighted by atomic mass is 9.95. The molecular formula is C18H17F2N5OS. The van der Waals surface area contributed by atoms with Gasteiger partial charge in [0.15, 0.2) is 0 Å². The maximum absolute atomic E-state index is 12.8. The molecule has 0 fully saturated rings. The van der Waals surface area contributed by atoms with Gasteiger partial charge >= 0.3 is 6.61 Å². The molecule has 0 saturated carbocycles. The van der Waals surface area contributed by atoms with Crippen LogP contribution in [0.5, 0.6) is 0 Å². The van der Waals surface area contributed by atoms with E-state index in [-0.39, 0.29) is 5.76 Å². The Labute approximate surface area is 158 Å². The number of nitrogens with zero attached hydrogens (tertiary/aromatic N) is 4. The summed E-state index contributed by atoms with van der Waals surface area (Å²) in [5.41, 5.74) is 3.12. The van der Waals surface area contributed by atoms with E-state index in [0.717, 1.165) is 38.3 Å². The highest BCUT2D eigenvalue weighted by Gasteiger charge is 2.22. The summed E-state index contributed by atoms with van der Waals surface area (Å²) >= 11 is 1.54. The van der Waals surface area contributed by atoms with E-state index in [1.54, 1.807) is 34.5 Å². The maximum atomic E-state index is 12.8. The summed E-state index contributed by atoms with van der Waals surface area (Å²) in [7, 11) is 1.82. The minimum absolute atomic E-state index is 0.208. The zero-order valence-corrected chi connectivity index (χ0v) is 15.6. The summed E-state index contributed by atoms with van der Waals surface area (Å²) in [5.74, 6) is 0.636. The van der Waals surface area contributed by atoms with Crippen LogP contribution in [0.15, 0.2) is 36.5 Å². The van der Waals surface area contributed by atoms with Crippen LogP contribution < -0.4 is 5.32 Å². The van der Waals surface area contributed by atoms with Crippen molar-refractivity contribution in [3.8, 4) is 0 Å². The number of aryl methyl sites for hydroxylation is 2. The molecule has 4 rings (SSSR count). The minimum atomic E-state index is -2.86.